The third-order valence-electron chi connectivity index (χ3n) is 4.89. The number of benzene rings is 3. The molecular formula is C25H28NO2P. The number of aliphatic imine (C=N–C) groups is 1. The molecule has 0 bridgehead atoms. The second-order valence-corrected chi connectivity index (χ2v) is 9.32. The molecule has 0 spiro atoms. The lowest BCUT2D eigenvalue weighted by Gasteiger charge is -2.18. The van der Waals surface area contributed by atoms with Crippen LogP contribution in [0.25, 0.3) is 0 Å². The summed E-state index contributed by atoms with van der Waals surface area (Å²) in [7, 11) is 2.82. The molecule has 150 valence electrons. The predicted octanol–water partition coefficient (Wildman–Crippen LogP) is 5.46. The molecule has 0 fully saturated rings. The molecule has 0 aliphatic rings. The highest BCUT2D eigenvalue weighted by atomic mass is 31.1. The molecule has 3 nitrogen and oxygen atoms in total. The second kappa shape index (κ2) is 9.71. The van der Waals surface area contributed by atoms with Crippen LogP contribution >= 0.6 is 7.92 Å². The molecule has 0 amide bonds. The summed E-state index contributed by atoms with van der Waals surface area (Å²) in [6.07, 6.45) is 2.95. The molecule has 0 N–H and O–H groups in total. The lowest BCUT2D eigenvalue weighted by Crippen LogP contribution is -2.14. The number of methoxy groups -OCH3 is 2. The number of nitrogens with zero attached hydrogens (tertiary/aromatic N) is 1. The zero-order valence-electron chi connectivity index (χ0n) is 17.8. The first-order valence-electron chi connectivity index (χ1n) is 9.68. The molecule has 4 heteroatoms. The normalized spacial score (nSPS) is 11.2. The number of hydrogen-bond acceptors (Lipinski definition) is 3. The van der Waals surface area contributed by atoms with Crippen molar-refractivity contribution in [2.24, 2.45) is 4.99 Å². The van der Waals surface area contributed by atoms with E-state index in [0.717, 1.165) is 23.3 Å². The SMILES string of the molecule is COc1ccc(P(CC=Nc2c(C)cc(C)cc2C)c2ccc(OC)cc2)cc1. The summed E-state index contributed by atoms with van der Waals surface area (Å²) in [4.78, 5) is 4.85. The second-order valence-electron chi connectivity index (χ2n) is 7.07. The van der Waals surface area contributed by atoms with Crippen molar-refractivity contribution in [2.75, 3.05) is 20.4 Å². The molecule has 0 aliphatic heterocycles. The van der Waals surface area contributed by atoms with Gasteiger partial charge in [-0.05, 0) is 74.7 Å². The highest BCUT2D eigenvalue weighted by Crippen LogP contribution is 2.34. The van der Waals surface area contributed by atoms with E-state index < -0.39 is 7.92 Å². The average Bonchev–Trinajstić information content (AvgIpc) is 2.73. The fraction of sp³-hybridized carbons (Fsp3) is 0.240. The highest BCUT2D eigenvalue weighted by Gasteiger charge is 2.13. The first-order valence-corrected chi connectivity index (χ1v) is 11.2. The summed E-state index contributed by atoms with van der Waals surface area (Å²) >= 11 is 0. The minimum Gasteiger partial charge on any atom is -0.497 e. The van der Waals surface area contributed by atoms with Crippen molar-refractivity contribution in [3.05, 3.63) is 77.4 Å². The van der Waals surface area contributed by atoms with Crippen molar-refractivity contribution < 1.29 is 9.47 Å². The van der Waals surface area contributed by atoms with E-state index in [-0.39, 0.29) is 0 Å². The maximum Gasteiger partial charge on any atom is 0.118 e. The van der Waals surface area contributed by atoms with Gasteiger partial charge in [-0.3, -0.25) is 4.99 Å². The molecule has 3 rings (SSSR count). The molecule has 29 heavy (non-hydrogen) atoms. The summed E-state index contributed by atoms with van der Waals surface area (Å²) in [5, 5.41) is 2.60. The molecule has 3 aromatic carbocycles. The Morgan fingerprint density at radius 2 is 1.21 bits per heavy atom. The smallest absolute Gasteiger partial charge is 0.118 e. The monoisotopic (exact) mass is 405 g/mol. The van der Waals surface area contributed by atoms with Gasteiger partial charge in [-0.2, -0.15) is 0 Å². The van der Waals surface area contributed by atoms with E-state index >= 15 is 0 Å². The molecule has 0 aromatic heterocycles. The van der Waals surface area contributed by atoms with Crippen molar-refractivity contribution in [1.29, 1.82) is 0 Å². The van der Waals surface area contributed by atoms with Crippen molar-refractivity contribution in [3.63, 3.8) is 0 Å². The molecule has 0 unspecified atom stereocenters. The van der Waals surface area contributed by atoms with Crippen LogP contribution in [-0.4, -0.2) is 26.6 Å². The number of ether oxygens (including phenoxy) is 2. The van der Waals surface area contributed by atoms with Crippen molar-refractivity contribution in [1.82, 2.24) is 0 Å². The van der Waals surface area contributed by atoms with Crippen LogP contribution in [0.15, 0.2) is 65.7 Å². The first-order chi connectivity index (χ1) is 14.0. The zero-order chi connectivity index (χ0) is 20.8. The van der Waals surface area contributed by atoms with Crippen LogP contribution in [0.4, 0.5) is 5.69 Å². The van der Waals surface area contributed by atoms with Crippen LogP contribution in [0.1, 0.15) is 16.7 Å². The maximum atomic E-state index is 5.32. The van der Waals surface area contributed by atoms with Gasteiger partial charge in [0.25, 0.3) is 0 Å². The molecule has 0 aliphatic carbocycles. The third kappa shape index (κ3) is 5.25. The summed E-state index contributed by atoms with van der Waals surface area (Å²) in [5.41, 5.74) is 4.79. The van der Waals surface area contributed by atoms with Crippen LogP contribution in [0.2, 0.25) is 0 Å². The van der Waals surface area contributed by atoms with E-state index in [1.807, 2.05) is 24.3 Å². The Labute approximate surface area is 175 Å². The van der Waals surface area contributed by atoms with Gasteiger partial charge in [-0.1, -0.05) is 42.0 Å². The minimum atomic E-state index is -0.568. The van der Waals surface area contributed by atoms with E-state index in [4.69, 9.17) is 14.5 Å². The Morgan fingerprint density at radius 1 is 0.759 bits per heavy atom. The molecular weight excluding hydrogens is 377 g/mol. The van der Waals surface area contributed by atoms with Gasteiger partial charge in [-0.25, -0.2) is 0 Å². The molecule has 0 atom stereocenters. The Morgan fingerprint density at radius 3 is 1.62 bits per heavy atom. The summed E-state index contributed by atoms with van der Waals surface area (Å²) in [6, 6.07) is 21.1. The third-order valence-corrected chi connectivity index (χ3v) is 7.26. The van der Waals surface area contributed by atoms with Gasteiger partial charge in [0.05, 0.1) is 19.9 Å². The Balaban J connectivity index is 1.90. The quantitative estimate of drug-likeness (QED) is 0.386. The van der Waals surface area contributed by atoms with Crippen molar-refractivity contribution in [2.45, 2.75) is 20.8 Å². The molecule has 0 heterocycles. The molecule has 0 saturated carbocycles. The topological polar surface area (TPSA) is 30.8 Å². The summed E-state index contributed by atoms with van der Waals surface area (Å²) in [6.45, 7) is 6.38. The lowest BCUT2D eigenvalue weighted by atomic mass is 10.1. The lowest BCUT2D eigenvalue weighted by molar-refractivity contribution is 0.415. The van der Waals surface area contributed by atoms with Gasteiger partial charge < -0.3 is 9.47 Å². The Hall–Kier alpha value is -2.64. The van der Waals surface area contributed by atoms with Crippen LogP contribution in [0.5, 0.6) is 11.5 Å². The van der Waals surface area contributed by atoms with Gasteiger partial charge in [0.1, 0.15) is 11.5 Å². The van der Waals surface area contributed by atoms with Crippen LogP contribution in [0.3, 0.4) is 0 Å². The average molecular weight is 405 g/mol. The minimum absolute atomic E-state index is 0.568. The zero-order valence-corrected chi connectivity index (χ0v) is 18.7. The van der Waals surface area contributed by atoms with Crippen LogP contribution < -0.4 is 20.1 Å². The number of aryl methyl sites for hydroxylation is 3. The van der Waals surface area contributed by atoms with Gasteiger partial charge in [-0.15, -0.1) is 0 Å². The van der Waals surface area contributed by atoms with Gasteiger partial charge in [0, 0.05) is 12.4 Å². The van der Waals surface area contributed by atoms with E-state index in [2.05, 4.69) is 63.4 Å². The van der Waals surface area contributed by atoms with E-state index in [9.17, 15) is 0 Å². The fourth-order valence-electron chi connectivity index (χ4n) is 3.47. The predicted molar refractivity (Wildman–Crippen MR) is 126 cm³/mol. The Kier molecular flexibility index (Phi) is 7.06. The van der Waals surface area contributed by atoms with Crippen molar-refractivity contribution >= 4 is 30.4 Å². The van der Waals surface area contributed by atoms with E-state index in [0.29, 0.717) is 0 Å². The van der Waals surface area contributed by atoms with E-state index in [1.54, 1.807) is 14.2 Å². The van der Waals surface area contributed by atoms with Gasteiger partial charge in [0.15, 0.2) is 0 Å². The van der Waals surface area contributed by atoms with E-state index in [1.165, 1.54) is 27.3 Å². The fourth-order valence-corrected chi connectivity index (χ4v) is 5.46. The standard InChI is InChI=1S/C25H28NO2P/c1-18-16-19(2)25(20(3)17-18)26-14-15-29(23-10-6-21(27-4)7-11-23)24-12-8-22(28-5)9-13-24/h6-14,16-17H,15H2,1-5H3. The summed E-state index contributed by atoms with van der Waals surface area (Å²) < 4.78 is 10.6. The largest absolute Gasteiger partial charge is 0.497 e. The van der Waals surface area contributed by atoms with Gasteiger partial charge >= 0.3 is 0 Å². The molecule has 0 radical (unpaired) electrons. The first kappa shape index (κ1) is 21.1. The maximum absolute atomic E-state index is 5.32. The van der Waals surface area contributed by atoms with Crippen molar-refractivity contribution in [3.8, 4) is 11.5 Å². The van der Waals surface area contributed by atoms with Crippen LogP contribution in [-0.2, 0) is 0 Å². The number of hydrogen-bond donors (Lipinski definition) is 0. The summed E-state index contributed by atoms with van der Waals surface area (Å²) in [5.74, 6) is 1.75. The van der Waals surface area contributed by atoms with Gasteiger partial charge in [0.2, 0.25) is 0 Å². The number of rotatable bonds is 7. The highest BCUT2D eigenvalue weighted by molar-refractivity contribution is 7.73. The molecule has 3 aromatic rings. The van der Waals surface area contributed by atoms with Crippen LogP contribution in [0, 0.1) is 20.8 Å². The molecule has 0 saturated heterocycles. The Bertz CT molecular complexity index is 908.